The van der Waals surface area contributed by atoms with Gasteiger partial charge < -0.3 is 9.84 Å². The average molecular weight is 188 g/mol. The van der Waals surface area contributed by atoms with Crippen molar-refractivity contribution >= 4 is 0 Å². The van der Waals surface area contributed by atoms with Gasteiger partial charge in [0.2, 0.25) is 0 Å². The minimum Gasteiger partial charge on any atom is -0.393 e. The molecule has 2 aliphatic heterocycles. The van der Waals surface area contributed by atoms with E-state index in [2.05, 4.69) is 18.2 Å². The highest BCUT2D eigenvalue weighted by Gasteiger charge is 2.69. The Morgan fingerprint density at radius 3 is 3.14 bits per heavy atom. The molecule has 1 saturated carbocycles. The predicted octanol–water partition coefficient (Wildman–Crippen LogP) is 1.60. The highest BCUT2D eigenvalue weighted by atomic mass is 16.5. The first-order chi connectivity index (χ1) is 6.87. The van der Waals surface area contributed by atoms with Gasteiger partial charge in [0, 0.05) is 5.92 Å². The lowest BCUT2D eigenvalue weighted by molar-refractivity contribution is -0.0837. The minimum absolute atomic E-state index is 0.141. The van der Waals surface area contributed by atoms with Crippen LogP contribution in [0.15, 0.2) is 24.3 Å². The van der Waals surface area contributed by atoms with Crippen LogP contribution in [0.3, 0.4) is 0 Å². The lowest BCUT2D eigenvalue weighted by Crippen LogP contribution is -2.30. The van der Waals surface area contributed by atoms with E-state index in [1.807, 2.05) is 6.07 Å². The molecule has 1 aliphatic carbocycles. The normalized spacial score (nSPS) is 46.2. The molecule has 72 valence electrons. The number of ether oxygens (including phenoxy) is 1. The number of rotatable bonds is 1. The van der Waals surface area contributed by atoms with E-state index in [-0.39, 0.29) is 18.3 Å². The first-order valence-electron chi connectivity index (χ1n) is 5.25. The molecule has 0 amide bonds. The summed E-state index contributed by atoms with van der Waals surface area (Å²) in [6, 6.07) is 8.36. The van der Waals surface area contributed by atoms with Crippen molar-refractivity contribution in [2.75, 3.05) is 6.61 Å². The van der Waals surface area contributed by atoms with Crippen molar-refractivity contribution in [3.63, 3.8) is 0 Å². The molecule has 2 heteroatoms. The van der Waals surface area contributed by atoms with Crippen LogP contribution in [0.2, 0.25) is 0 Å². The van der Waals surface area contributed by atoms with Crippen LogP contribution in [-0.2, 0) is 10.3 Å². The molecule has 4 rings (SSSR count). The van der Waals surface area contributed by atoms with Crippen LogP contribution < -0.4 is 0 Å². The van der Waals surface area contributed by atoms with Crippen LogP contribution in [0.1, 0.15) is 23.7 Å². The van der Waals surface area contributed by atoms with Crippen molar-refractivity contribution in [1.82, 2.24) is 0 Å². The van der Waals surface area contributed by atoms with Gasteiger partial charge >= 0.3 is 0 Å². The zero-order chi connectivity index (χ0) is 9.34. The molecule has 2 nitrogen and oxygen atoms in total. The number of hydrogen-bond donors (Lipinski definition) is 1. The highest BCUT2D eigenvalue weighted by molar-refractivity contribution is 5.45. The quantitative estimate of drug-likeness (QED) is 0.725. The summed E-state index contributed by atoms with van der Waals surface area (Å²) in [5.41, 5.74) is 2.23. The Kier molecular flexibility index (Phi) is 1.09. The molecule has 1 aromatic carbocycles. The third kappa shape index (κ3) is 0.588. The predicted molar refractivity (Wildman–Crippen MR) is 50.6 cm³/mol. The third-order valence-electron chi connectivity index (χ3n) is 4.12. The smallest absolute Gasteiger partial charge is 0.120 e. The van der Waals surface area contributed by atoms with Gasteiger partial charge in [0.15, 0.2) is 0 Å². The van der Waals surface area contributed by atoms with Crippen LogP contribution in [0.5, 0.6) is 0 Å². The van der Waals surface area contributed by atoms with E-state index in [9.17, 15) is 5.11 Å². The van der Waals surface area contributed by atoms with Crippen molar-refractivity contribution < 1.29 is 9.84 Å². The largest absolute Gasteiger partial charge is 0.393 e. The topological polar surface area (TPSA) is 29.5 Å². The van der Waals surface area contributed by atoms with Crippen LogP contribution in [0.4, 0.5) is 0 Å². The zero-order valence-electron chi connectivity index (χ0n) is 7.81. The number of hydrogen-bond acceptors (Lipinski definition) is 2. The molecule has 0 aromatic heterocycles. The molecule has 4 atom stereocenters. The molecule has 4 unspecified atom stereocenters. The van der Waals surface area contributed by atoms with Gasteiger partial charge in [0.05, 0.1) is 12.7 Å². The van der Waals surface area contributed by atoms with E-state index >= 15 is 0 Å². The number of aliphatic hydroxyl groups is 1. The second kappa shape index (κ2) is 2.05. The van der Waals surface area contributed by atoms with Gasteiger partial charge in [0.25, 0.3) is 0 Å². The first-order valence-corrected chi connectivity index (χ1v) is 5.25. The summed E-state index contributed by atoms with van der Waals surface area (Å²) in [4.78, 5) is 0. The van der Waals surface area contributed by atoms with Gasteiger partial charge in [-0.05, 0) is 23.5 Å². The first kappa shape index (κ1) is 7.43. The van der Waals surface area contributed by atoms with Crippen molar-refractivity contribution in [2.45, 2.75) is 18.1 Å². The second-order valence-electron chi connectivity index (χ2n) is 4.68. The van der Waals surface area contributed by atoms with Gasteiger partial charge in [-0.3, -0.25) is 0 Å². The SMILES string of the molecule is OCC12OC(c3ccccc31)C1CC12. The lowest BCUT2D eigenvalue weighted by Gasteiger charge is -2.25. The van der Waals surface area contributed by atoms with Crippen LogP contribution in [-0.4, -0.2) is 11.7 Å². The Hall–Kier alpha value is -0.860. The van der Waals surface area contributed by atoms with Crippen molar-refractivity contribution in [3.05, 3.63) is 35.4 Å². The minimum atomic E-state index is -0.327. The number of benzene rings is 1. The summed E-state index contributed by atoms with van der Waals surface area (Å²) < 4.78 is 5.99. The fraction of sp³-hybridized carbons (Fsp3) is 0.500. The average Bonchev–Trinajstić information content (AvgIpc) is 2.91. The maximum atomic E-state index is 9.56. The Balaban J connectivity index is 2.00. The molecule has 1 N–H and O–H groups in total. The van der Waals surface area contributed by atoms with Crippen LogP contribution in [0, 0.1) is 11.8 Å². The van der Waals surface area contributed by atoms with Gasteiger partial charge in [-0.15, -0.1) is 0 Å². The van der Waals surface area contributed by atoms with Crippen molar-refractivity contribution in [2.24, 2.45) is 11.8 Å². The molecule has 1 saturated heterocycles. The molecular weight excluding hydrogens is 176 g/mol. The van der Waals surface area contributed by atoms with Crippen LogP contribution >= 0.6 is 0 Å². The van der Waals surface area contributed by atoms with E-state index in [0.29, 0.717) is 11.8 Å². The lowest BCUT2D eigenvalue weighted by atomic mass is 9.83. The van der Waals surface area contributed by atoms with Gasteiger partial charge in [-0.25, -0.2) is 0 Å². The van der Waals surface area contributed by atoms with E-state index < -0.39 is 0 Å². The summed E-state index contributed by atoms with van der Waals surface area (Å²) >= 11 is 0. The molecule has 3 aliphatic rings. The fourth-order valence-electron chi connectivity index (χ4n) is 3.41. The zero-order valence-corrected chi connectivity index (χ0v) is 7.81. The summed E-state index contributed by atoms with van der Waals surface area (Å²) in [5.74, 6) is 1.28. The van der Waals surface area contributed by atoms with E-state index in [4.69, 9.17) is 4.74 Å². The Labute approximate surface area is 82.5 Å². The summed E-state index contributed by atoms with van der Waals surface area (Å²) in [7, 11) is 0. The standard InChI is InChI=1S/C12H12O2/c13-6-12-9-4-2-1-3-7(9)11(14-12)8-5-10(8)12/h1-4,8,10-11,13H,5-6H2. The monoisotopic (exact) mass is 188 g/mol. The van der Waals surface area contributed by atoms with Gasteiger partial charge in [0.1, 0.15) is 5.60 Å². The Bertz CT molecular complexity index is 415. The fourth-order valence-corrected chi connectivity index (χ4v) is 3.41. The van der Waals surface area contributed by atoms with Gasteiger partial charge in [-0.1, -0.05) is 24.3 Å². The molecule has 1 aromatic rings. The highest BCUT2D eigenvalue weighted by Crippen LogP contribution is 2.71. The molecule has 0 radical (unpaired) electrons. The number of fused-ring (bicyclic) bond motifs is 8. The molecule has 14 heavy (non-hydrogen) atoms. The third-order valence-corrected chi connectivity index (χ3v) is 4.12. The van der Waals surface area contributed by atoms with Gasteiger partial charge in [-0.2, -0.15) is 0 Å². The summed E-state index contributed by atoms with van der Waals surface area (Å²) in [5, 5.41) is 9.56. The maximum Gasteiger partial charge on any atom is 0.120 e. The van der Waals surface area contributed by atoms with Crippen molar-refractivity contribution in [1.29, 1.82) is 0 Å². The van der Waals surface area contributed by atoms with Crippen molar-refractivity contribution in [3.8, 4) is 0 Å². The number of aliphatic hydroxyl groups excluding tert-OH is 1. The second-order valence-corrected chi connectivity index (χ2v) is 4.68. The summed E-state index contributed by atoms with van der Waals surface area (Å²) in [6.45, 7) is 0.141. The Morgan fingerprint density at radius 2 is 2.29 bits per heavy atom. The molecule has 2 fully saturated rings. The molecule has 2 heterocycles. The summed E-state index contributed by atoms with van der Waals surface area (Å²) in [6.07, 6.45) is 1.52. The Morgan fingerprint density at radius 1 is 1.43 bits per heavy atom. The molecular formula is C12H12O2. The van der Waals surface area contributed by atoms with Crippen LogP contribution in [0.25, 0.3) is 0 Å². The maximum absolute atomic E-state index is 9.56. The van der Waals surface area contributed by atoms with E-state index in [0.717, 1.165) is 0 Å². The van der Waals surface area contributed by atoms with E-state index in [1.54, 1.807) is 0 Å². The molecule has 0 spiro atoms. The van der Waals surface area contributed by atoms with E-state index in [1.165, 1.54) is 17.5 Å². The molecule has 2 bridgehead atoms.